The molecule has 4 rings (SSSR count). The van der Waals surface area contributed by atoms with Crippen molar-refractivity contribution in [3.05, 3.63) is 77.3 Å². The van der Waals surface area contributed by atoms with Crippen LogP contribution in [0, 0.1) is 25.2 Å². The van der Waals surface area contributed by atoms with Crippen LogP contribution in [0.3, 0.4) is 0 Å². The first-order valence-corrected chi connectivity index (χ1v) is 8.85. The van der Waals surface area contributed by atoms with Gasteiger partial charge in [-0.05, 0) is 49.8 Å². The van der Waals surface area contributed by atoms with E-state index >= 15 is 0 Å². The molecule has 0 spiro atoms. The number of nitrogens with one attached hydrogen (secondary N) is 2. The summed E-state index contributed by atoms with van der Waals surface area (Å²) in [6, 6.07) is 8.33. The number of rotatable bonds is 4. The van der Waals surface area contributed by atoms with Crippen LogP contribution in [0.5, 0.6) is 0 Å². The zero-order valence-corrected chi connectivity index (χ0v) is 15.6. The Morgan fingerprint density at radius 1 is 1.07 bits per heavy atom. The normalized spacial score (nSPS) is 11.0. The Hall–Kier alpha value is -3.98. The van der Waals surface area contributed by atoms with Crippen molar-refractivity contribution in [2.75, 3.05) is 5.32 Å². The summed E-state index contributed by atoms with van der Waals surface area (Å²) in [5.41, 5.74) is 6.76. The predicted molar refractivity (Wildman–Crippen MR) is 111 cm³/mol. The van der Waals surface area contributed by atoms with Crippen LogP contribution in [-0.4, -0.2) is 19.9 Å². The fourth-order valence-corrected chi connectivity index (χ4v) is 3.16. The zero-order valence-electron chi connectivity index (χ0n) is 15.6. The second-order valence-corrected chi connectivity index (χ2v) is 6.42. The average molecular weight is 366 g/mol. The minimum atomic E-state index is 0.484. The maximum atomic E-state index is 9.62. The van der Waals surface area contributed by atoms with E-state index in [0.29, 0.717) is 5.56 Å². The first kappa shape index (κ1) is 17.4. The van der Waals surface area contributed by atoms with E-state index in [1.54, 1.807) is 24.8 Å². The number of aromatic amines is 1. The number of hydrogen-bond acceptors (Lipinski definition) is 5. The van der Waals surface area contributed by atoms with Gasteiger partial charge in [0.2, 0.25) is 0 Å². The molecule has 6 heteroatoms. The SMILES string of the molecule is Cc1ncc(C#N)c(Nc2ccc3[nH]ccc3c2C)c1/C=C/c1cnccn1. The molecule has 0 atom stereocenters. The number of nitriles is 1. The first-order valence-electron chi connectivity index (χ1n) is 8.85. The molecule has 0 bridgehead atoms. The topological polar surface area (TPSA) is 90.3 Å². The van der Waals surface area contributed by atoms with Crippen LogP contribution in [0.15, 0.2) is 49.2 Å². The van der Waals surface area contributed by atoms with Gasteiger partial charge < -0.3 is 10.3 Å². The third-order valence-corrected chi connectivity index (χ3v) is 4.70. The molecule has 0 unspecified atom stereocenters. The minimum Gasteiger partial charge on any atom is -0.361 e. The lowest BCUT2D eigenvalue weighted by Gasteiger charge is -2.15. The summed E-state index contributed by atoms with van der Waals surface area (Å²) >= 11 is 0. The number of aromatic nitrogens is 4. The third kappa shape index (κ3) is 3.21. The third-order valence-electron chi connectivity index (χ3n) is 4.70. The molecular formula is C22H18N6. The Morgan fingerprint density at radius 2 is 1.96 bits per heavy atom. The van der Waals surface area contributed by atoms with Gasteiger partial charge in [0, 0.05) is 52.6 Å². The fraction of sp³-hybridized carbons (Fsp3) is 0.0909. The van der Waals surface area contributed by atoms with Crippen molar-refractivity contribution in [3.8, 4) is 6.07 Å². The molecular weight excluding hydrogens is 348 g/mol. The lowest BCUT2D eigenvalue weighted by molar-refractivity contribution is 1.17. The lowest BCUT2D eigenvalue weighted by atomic mass is 10.0. The second kappa shape index (κ2) is 7.33. The number of benzene rings is 1. The Morgan fingerprint density at radius 3 is 2.75 bits per heavy atom. The Balaban J connectivity index is 1.80. The quantitative estimate of drug-likeness (QED) is 0.544. The molecule has 0 saturated heterocycles. The van der Waals surface area contributed by atoms with Crippen LogP contribution >= 0.6 is 0 Å². The van der Waals surface area contributed by atoms with Crippen molar-refractivity contribution in [1.82, 2.24) is 19.9 Å². The van der Waals surface area contributed by atoms with Gasteiger partial charge in [-0.3, -0.25) is 15.0 Å². The highest BCUT2D eigenvalue weighted by atomic mass is 14.9. The number of anilines is 2. The molecule has 3 heterocycles. The van der Waals surface area contributed by atoms with Gasteiger partial charge in [-0.15, -0.1) is 0 Å². The van der Waals surface area contributed by atoms with E-state index in [0.717, 1.165) is 44.8 Å². The highest BCUT2D eigenvalue weighted by Crippen LogP contribution is 2.32. The summed E-state index contributed by atoms with van der Waals surface area (Å²) < 4.78 is 0. The molecule has 0 aliphatic rings. The Bertz CT molecular complexity index is 1220. The van der Waals surface area contributed by atoms with E-state index in [9.17, 15) is 5.26 Å². The number of fused-ring (bicyclic) bond motifs is 1. The van der Waals surface area contributed by atoms with Crippen LogP contribution in [0.2, 0.25) is 0 Å². The van der Waals surface area contributed by atoms with Gasteiger partial charge in [0.1, 0.15) is 6.07 Å². The summed E-state index contributed by atoms with van der Waals surface area (Å²) in [5, 5.41) is 14.2. The summed E-state index contributed by atoms with van der Waals surface area (Å²) in [6.45, 7) is 3.98. The van der Waals surface area contributed by atoms with Gasteiger partial charge in [-0.2, -0.15) is 5.26 Å². The molecule has 0 fully saturated rings. The van der Waals surface area contributed by atoms with E-state index in [4.69, 9.17) is 0 Å². The van der Waals surface area contributed by atoms with Crippen molar-refractivity contribution in [2.24, 2.45) is 0 Å². The number of hydrogen-bond donors (Lipinski definition) is 2. The zero-order chi connectivity index (χ0) is 19.5. The molecule has 3 aromatic heterocycles. The van der Waals surface area contributed by atoms with Crippen molar-refractivity contribution in [3.63, 3.8) is 0 Å². The molecule has 0 aliphatic carbocycles. The van der Waals surface area contributed by atoms with Gasteiger partial charge in [0.05, 0.1) is 23.1 Å². The Labute approximate surface area is 162 Å². The fourth-order valence-electron chi connectivity index (χ4n) is 3.16. The van der Waals surface area contributed by atoms with Crippen LogP contribution in [0.1, 0.15) is 28.1 Å². The van der Waals surface area contributed by atoms with Crippen molar-refractivity contribution in [1.29, 1.82) is 5.26 Å². The van der Waals surface area contributed by atoms with Gasteiger partial charge in [-0.25, -0.2) is 0 Å². The average Bonchev–Trinajstić information content (AvgIpc) is 3.20. The summed E-state index contributed by atoms with van der Waals surface area (Å²) in [4.78, 5) is 15.9. The van der Waals surface area contributed by atoms with Gasteiger partial charge in [0.15, 0.2) is 0 Å². The van der Waals surface area contributed by atoms with E-state index < -0.39 is 0 Å². The smallest absolute Gasteiger partial charge is 0.103 e. The van der Waals surface area contributed by atoms with E-state index in [1.165, 1.54) is 0 Å². The van der Waals surface area contributed by atoms with Crippen molar-refractivity contribution in [2.45, 2.75) is 13.8 Å². The van der Waals surface area contributed by atoms with Crippen LogP contribution in [-0.2, 0) is 0 Å². The minimum absolute atomic E-state index is 0.484. The summed E-state index contributed by atoms with van der Waals surface area (Å²) in [6.07, 6.45) is 12.3. The first-order chi connectivity index (χ1) is 13.7. The second-order valence-electron chi connectivity index (χ2n) is 6.42. The molecule has 28 heavy (non-hydrogen) atoms. The molecule has 1 aromatic carbocycles. The molecule has 2 N–H and O–H groups in total. The molecule has 6 nitrogen and oxygen atoms in total. The number of pyridine rings is 1. The van der Waals surface area contributed by atoms with E-state index in [1.807, 2.05) is 43.5 Å². The standard InChI is InChI=1S/C22H18N6/c1-14-18-7-8-26-21(18)6-5-20(14)28-22-16(11-23)12-27-15(2)19(22)4-3-17-13-24-9-10-25-17/h3-10,12-13,26H,1-2H3,(H,27,28)/b4-3+. The highest BCUT2D eigenvalue weighted by molar-refractivity contribution is 5.90. The van der Waals surface area contributed by atoms with Crippen LogP contribution in [0.4, 0.5) is 11.4 Å². The number of nitrogens with zero attached hydrogens (tertiary/aromatic N) is 4. The van der Waals surface area contributed by atoms with Crippen LogP contribution in [0.25, 0.3) is 23.1 Å². The highest BCUT2D eigenvalue weighted by Gasteiger charge is 2.13. The monoisotopic (exact) mass is 366 g/mol. The maximum absolute atomic E-state index is 9.62. The largest absolute Gasteiger partial charge is 0.361 e. The number of H-pyrrole nitrogens is 1. The molecule has 0 saturated carbocycles. The number of aryl methyl sites for hydroxylation is 2. The van der Waals surface area contributed by atoms with Gasteiger partial charge in [-0.1, -0.05) is 0 Å². The van der Waals surface area contributed by atoms with E-state index in [-0.39, 0.29) is 0 Å². The van der Waals surface area contributed by atoms with E-state index in [2.05, 4.69) is 38.2 Å². The summed E-state index contributed by atoms with van der Waals surface area (Å²) in [5.74, 6) is 0. The summed E-state index contributed by atoms with van der Waals surface area (Å²) in [7, 11) is 0. The van der Waals surface area contributed by atoms with Gasteiger partial charge in [0.25, 0.3) is 0 Å². The van der Waals surface area contributed by atoms with Crippen molar-refractivity contribution < 1.29 is 0 Å². The predicted octanol–water partition coefficient (Wildman–Crippen LogP) is 4.76. The van der Waals surface area contributed by atoms with Crippen LogP contribution < -0.4 is 5.32 Å². The molecule has 4 aromatic rings. The Kier molecular flexibility index (Phi) is 4.56. The molecule has 136 valence electrons. The van der Waals surface area contributed by atoms with Gasteiger partial charge >= 0.3 is 0 Å². The van der Waals surface area contributed by atoms with Crippen molar-refractivity contribution >= 4 is 34.4 Å². The lowest BCUT2D eigenvalue weighted by Crippen LogP contribution is -2.02. The maximum Gasteiger partial charge on any atom is 0.103 e. The molecule has 0 radical (unpaired) electrons. The molecule has 0 aliphatic heterocycles. The molecule has 0 amide bonds.